The van der Waals surface area contributed by atoms with Crippen LogP contribution in [0.25, 0.3) is 10.2 Å². The fourth-order valence-electron chi connectivity index (χ4n) is 2.63. The van der Waals surface area contributed by atoms with Crippen LogP contribution in [0.1, 0.15) is 17.3 Å². The van der Waals surface area contributed by atoms with Gasteiger partial charge >= 0.3 is 0 Å². The summed E-state index contributed by atoms with van der Waals surface area (Å²) in [5, 5.41) is 0. The Bertz CT molecular complexity index is 1050. The van der Waals surface area contributed by atoms with Crippen LogP contribution in [-0.2, 0) is 6.54 Å². The summed E-state index contributed by atoms with van der Waals surface area (Å²) in [6, 6.07) is 5.41. The van der Waals surface area contributed by atoms with Crippen molar-refractivity contribution in [1.82, 2.24) is 4.57 Å². The number of aromatic nitrogens is 1. The minimum absolute atomic E-state index is 0.322. The van der Waals surface area contributed by atoms with E-state index in [2.05, 4.69) is 4.99 Å². The lowest BCUT2D eigenvalue weighted by Gasteiger charge is -2.18. The van der Waals surface area contributed by atoms with E-state index in [-0.39, 0.29) is 0 Å². The lowest BCUT2D eigenvalue weighted by atomic mass is 10.2. The molecule has 0 N–H and O–H groups in total. The topological polar surface area (TPSA) is 52.8 Å². The van der Waals surface area contributed by atoms with Gasteiger partial charge in [-0.15, -0.1) is 11.3 Å². The normalized spacial score (nSPS) is 14.3. The first kappa shape index (κ1) is 16.9. The van der Waals surface area contributed by atoms with Crippen LogP contribution in [0.3, 0.4) is 0 Å². The van der Waals surface area contributed by atoms with Crippen molar-refractivity contribution in [3.8, 4) is 11.5 Å². The number of rotatable bonds is 2. The number of hydrogen-bond acceptors (Lipinski definition) is 5. The summed E-state index contributed by atoms with van der Waals surface area (Å²) in [7, 11) is 0. The Morgan fingerprint density at radius 3 is 2.56 bits per heavy atom. The van der Waals surface area contributed by atoms with Gasteiger partial charge < -0.3 is 14.0 Å². The molecule has 5 nitrogen and oxygen atoms in total. The molecule has 3 aromatic rings. The molecule has 25 heavy (non-hydrogen) atoms. The predicted molar refractivity (Wildman–Crippen MR) is 101 cm³/mol. The average molecular weight is 415 g/mol. The Labute approximate surface area is 161 Å². The number of aryl methyl sites for hydroxylation is 1. The van der Waals surface area contributed by atoms with Crippen LogP contribution in [-0.4, -0.2) is 23.7 Å². The molecule has 0 saturated heterocycles. The van der Waals surface area contributed by atoms with Gasteiger partial charge in [0.2, 0.25) is 0 Å². The Morgan fingerprint density at radius 2 is 1.92 bits per heavy atom. The summed E-state index contributed by atoms with van der Waals surface area (Å²) in [5.74, 6) is 1.03. The summed E-state index contributed by atoms with van der Waals surface area (Å²) >= 11 is 14.6. The molecule has 130 valence electrons. The van der Waals surface area contributed by atoms with E-state index in [1.807, 2.05) is 23.6 Å². The molecule has 0 aliphatic carbocycles. The van der Waals surface area contributed by atoms with Gasteiger partial charge in [-0.25, -0.2) is 0 Å². The third-order valence-corrected chi connectivity index (χ3v) is 6.28. The minimum atomic E-state index is -0.404. The number of nitrogens with zero attached hydrogens (tertiary/aromatic N) is 2. The number of carbonyl (C=O) groups excluding carboxylic acids is 1. The van der Waals surface area contributed by atoms with Crippen LogP contribution in [0.4, 0.5) is 0 Å². The molecule has 1 aliphatic heterocycles. The molecule has 9 heteroatoms. The van der Waals surface area contributed by atoms with Crippen LogP contribution in [0.2, 0.25) is 8.67 Å². The number of hydrogen-bond donors (Lipinski definition) is 0. The molecule has 1 aromatic carbocycles. The maximum absolute atomic E-state index is 12.5. The van der Waals surface area contributed by atoms with E-state index in [4.69, 9.17) is 32.7 Å². The van der Waals surface area contributed by atoms with Crippen LogP contribution in [0.5, 0.6) is 11.5 Å². The maximum Gasteiger partial charge on any atom is 0.282 e. The highest BCUT2D eigenvalue weighted by Crippen LogP contribution is 2.36. The fourth-order valence-corrected chi connectivity index (χ4v) is 5.18. The summed E-state index contributed by atoms with van der Waals surface area (Å²) in [6.07, 6.45) is 0. The summed E-state index contributed by atoms with van der Waals surface area (Å²) < 4.78 is 15.0. The molecule has 1 aliphatic rings. The number of amides is 1. The van der Waals surface area contributed by atoms with Crippen molar-refractivity contribution in [1.29, 1.82) is 0 Å². The highest BCUT2D eigenvalue weighted by Gasteiger charge is 2.18. The fraction of sp³-hybridized carbons (Fsp3) is 0.250. The van der Waals surface area contributed by atoms with Crippen molar-refractivity contribution in [3.63, 3.8) is 0 Å². The maximum atomic E-state index is 12.5. The first-order chi connectivity index (χ1) is 12.1. The highest BCUT2D eigenvalue weighted by atomic mass is 35.5. The van der Waals surface area contributed by atoms with Gasteiger partial charge in [0.1, 0.15) is 17.6 Å². The number of fused-ring (bicyclic) bond motifs is 2. The molecule has 0 fully saturated rings. The first-order valence-electron chi connectivity index (χ1n) is 7.53. The molecule has 0 saturated carbocycles. The zero-order valence-corrected chi connectivity index (χ0v) is 16.2. The minimum Gasteiger partial charge on any atom is -0.486 e. The van der Waals surface area contributed by atoms with Crippen molar-refractivity contribution >= 4 is 62.0 Å². The average Bonchev–Trinajstić information content (AvgIpc) is 3.10. The molecule has 0 spiro atoms. The van der Waals surface area contributed by atoms with Gasteiger partial charge in [-0.1, -0.05) is 34.5 Å². The molecule has 0 bridgehead atoms. The summed E-state index contributed by atoms with van der Waals surface area (Å²) in [6.45, 7) is 3.73. The van der Waals surface area contributed by atoms with Gasteiger partial charge in [0, 0.05) is 18.7 Å². The second-order valence-corrected chi connectivity index (χ2v) is 8.54. The lowest BCUT2D eigenvalue weighted by Crippen LogP contribution is -2.17. The van der Waals surface area contributed by atoms with E-state index in [0.29, 0.717) is 50.3 Å². The van der Waals surface area contributed by atoms with Crippen molar-refractivity contribution in [3.05, 3.63) is 37.2 Å². The monoisotopic (exact) mass is 414 g/mol. The van der Waals surface area contributed by atoms with Gasteiger partial charge in [-0.2, -0.15) is 4.99 Å². The van der Waals surface area contributed by atoms with E-state index in [9.17, 15) is 4.79 Å². The molecular formula is C16H12Cl2N2O3S2. The molecule has 0 radical (unpaired) electrons. The van der Waals surface area contributed by atoms with E-state index in [1.165, 1.54) is 11.3 Å². The molecule has 3 heterocycles. The second kappa shape index (κ2) is 6.64. The van der Waals surface area contributed by atoms with Crippen LogP contribution in [0, 0.1) is 0 Å². The molecule has 0 unspecified atom stereocenters. The first-order valence-corrected chi connectivity index (χ1v) is 9.92. The largest absolute Gasteiger partial charge is 0.486 e. The van der Waals surface area contributed by atoms with Crippen molar-refractivity contribution in [2.45, 2.75) is 13.5 Å². The van der Waals surface area contributed by atoms with Crippen LogP contribution < -0.4 is 14.3 Å². The van der Waals surface area contributed by atoms with Crippen molar-refractivity contribution in [2.24, 2.45) is 4.99 Å². The Kier molecular flexibility index (Phi) is 4.49. The lowest BCUT2D eigenvalue weighted by molar-refractivity contribution is 0.0998. The zero-order chi connectivity index (χ0) is 17.6. The van der Waals surface area contributed by atoms with Gasteiger partial charge in [0.25, 0.3) is 5.91 Å². The standard InChI is InChI=1S/C16H12Cl2N2O3S2/c1-2-20-9-6-10-11(23-4-3-22-10)7-12(9)24-16(20)19-15(21)8-5-13(17)25-14(8)18/h5-7H,2-4H2,1H3. The quantitative estimate of drug-likeness (QED) is 0.615. The number of thiophene rings is 1. The van der Waals surface area contributed by atoms with E-state index < -0.39 is 5.91 Å². The Morgan fingerprint density at radius 1 is 1.20 bits per heavy atom. The van der Waals surface area contributed by atoms with E-state index in [0.717, 1.165) is 21.6 Å². The molecule has 1 amide bonds. The number of halogens is 2. The number of ether oxygens (including phenoxy) is 2. The number of thiazole rings is 1. The van der Waals surface area contributed by atoms with Gasteiger partial charge in [0.05, 0.1) is 20.1 Å². The van der Waals surface area contributed by atoms with E-state index >= 15 is 0 Å². The number of benzene rings is 1. The Hall–Kier alpha value is -1.54. The highest BCUT2D eigenvalue weighted by molar-refractivity contribution is 7.20. The molecule has 2 aromatic heterocycles. The SMILES string of the molecule is CCn1c(=NC(=O)c2cc(Cl)sc2Cl)sc2cc3c(cc21)OCCO3. The summed E-state index contributed by atoms with van der Waals surface area (Å²) in [4.78, 5) is 17.4. The van der Waals surface area contributed by atoms with Gasteiger partial charge in [-0.3, -0.25) is 4.79 Å². The van der Waals surface area contributed by atoms with Gasteiger partial charge in [0.15, 0.2) is 16.3 Å². The third kappa shape index (κ3) is 3.06. The summed E-state index contributed by atoms with van der Waals surface area (Å²) in [5.41, 5.74) is 1.28. The number of carbonyl (C=O) groups is 1. The van der Waals surface area contributed by atoms with Crippen LogP contribution in [0.15, 0.2) is 23.2 Å². The molecule has 4 rings (SSSR count). The van der Waals surface area contributed by atoms with E-state index in [1.54, 1.807) is 6.07 Å². The molecular weight excluding hydrogens is 403 g/mol. The van der Waals surface area contributed by atoms with Crippen molar-refractivity contribution < 1.29 is 14.3 Å². The zero-order valence-electron chi connectivity index (χ0n) is 13.0. The molecule has 0 atom stereocenters. The third-order valence-electron chi connectivity index (χ3n) is 3.75. The smallest absolute Gasteiger partial charge is 0.282 e. The van der Waals surface area contributed by atoms with Crippen molar-refractivity contribution in [2.75, 3.05) is 13.2 Å². The Balaban J connectivity index is 1.86. The predicted octanol–water partition coefficient (Wildman–Crippen LogP) is 4.60. The van der Waals surface area contributed by atoms with Crippen LogP contribution >= 0.6 is 45.9 Å². The van der Waals surface area contributed by atoms with Gasteiger partial charge in [-0.05, 0) is 13.0 Å². The second-order valence-electron chi connectivity index (χ2n) is 5.25.